The molecule has 1 aromatic rings. The number of carbonyl (C=O) groups excluding carboxylic acids is 1. The van der Waals surface area contributed by atoms with Crippen LogP contribution in [0.25, 0.3) is 0 Å². The first-order chi connectivity index (χ1) is 9.04. The lowest BCUT2D eigenvalue weighted by atomic mass is 10.2. The van der Waals surface area contributed by atoms with Crippen LogP contribution in [0.15, 0.2) is 22.7 Å². The van der Waals surface area contributed by atoms with Gasteiger partial charge in [-0.1, -0.05) is 6.92 Å². The predicted octanol–water partition coefficient (Wildman–Crippen LogP) is 2.90. The Morgan fingerprint density at radius 2 is 2.11 bits per heavy atom. The molecule has 6 heteroatoms. The number of amides is 1. The van der Waals surface area contributed by atoms with Gasteiger partial charge in [0.1, 0.15) is 0 Å². The summed E-state index contributed by atoms with van der Waals surface area (Å²) in [7, 11) is 0. The molecule has 19 heavy (non-hydrogen) atoms. The lowest BCUT2D eigenvalue weighted by Crippen LogP contribution is -2.14. The summed E-state index contributed by atoms with van der Waals surface area (Å²) in [6, 6.07) is 4.64. The molecule has 0 radical (unpaired) electrons. The topological polar surface area (TPSA) is 75.6 Å². The van der Waals surface area contributed by atoms with Crippen molar-refractivity contribution >= 4 is 33.5 Å². The summed E-state index contributed by atoms with van der Waals surface area (Å²) < 4.78 is 5.69. The zero-order valence-electron chi connectivity index (χ0n) is 10.6. The van der Waals surface area contributed by atoms with Crippen LogP contribution >= 0.6 is 15.9 Å². The Labute approximate surface area is 120 Å². The second-order valence-corrected chi connectivity index (χ2v) is 4.76. The number of carboxylic acids is 1. The van der Waals surface area contributed by atoms with Gasteiger partial charge >= 0.3 is 5.97 Å². The van der Waals surface area contributed by atoms with Gasteiger partial charge in [0.05, 0.1) is 18.6 Å². The van der Waals surface area contributed by atoms with Gasteiger partial charge in [0.2, 0.25) is 5.91 Å². The molecule has 1 rings (SSSR count). The molecule has 0 aliphatic heterocycles. The minimum atomic E-state index is -1.05. The summed E-state index contributed by atoms with van der Waals surface area (Å²) in [5.74, 6) is -1.25. The van der Waals surface area contributed by atoms with E-state index in [1.54, 1.807) is 12.1 Å². The fraction of sp³-hybridized carbons (Fsp3) is 0.385. The Kier molecular flexibility index (Phi) is 6.52. The molecule has 5 nitrogen and oxygen atoms in total. The summed E-state index contributed by atoms with van der Waals surface area (Å²) in [5.41, 5.74) is 0.570. The first-order valence-electron chi connectivity index (χ1n) is 5.95. The predicted molar refractivity (Wildman–Crippen MR) is 75.5 cm³/mol. The number of ether oxygens (including phenoxy) is 1. The average molecular weight is 330 g/mol. The normalized spacial score (nSPS) is 10.2. The Morgan fingerprint density at radius 3 is 2.74 bits per heavy atom. The number of anilines is 1. The standard InChI is InChI=1S/C13H16BrNO4/c1-2-6-19-7-5-12(16)15-9-3-4-11(14)10(8-9)13(17)18/h3-4,8H,2,5-7H2,1H3,(H,15,16)(H,17,18). The van der Waals surface area contributed by atoms with Gasteiger partial charge in [0.15, 0.2) is 0 Å². The molecule has 1 amide bonds. The molecular formula is C13H16BrNO4. The van der Waals surface area contributed by atoms with Crippen LogP contribution in [0.2, 0.25) is 0 Å². The molecule has 0 fully saturated rings. The maximum Gasteiger partial charge on any atom is 0.336 e. The van der Waals surface area contributed by atoms with Crippen LogP contribution in [0.1, 0.15) is 30.1 Å². The molecule has 0 bridgehead atoms. The summed E-state index contributed by atoms with van der Waals surface area (Å²) in [4.78, 5) is 22.5. The highest BCUT2D eigenvalue weighted by Gasteiger charge is 2.10. The number of carbonyl (C=O) groups is 2. The van der Waals surface area contributed by atoms with Crippen LogP contribution in [-0.4, -0.2) is 30.2 Å². The van der Waals surface area contributed by atoms with Gasteiger partial charge in [0.25, 0.3) is 0 Å². The van der Waals surface area contributed by atoms with Gasteiger partial charge in [-0.3, -0.25) is 4.79 Å². The fourth-order valence-electron chi connectivity index (χ4n) is 1.40. The Hall–Kier alpha value is -1.40. The van der Waals surface area contributed by atoms with E-state index < -0.39 is 5.97 Å². The molecule has 0 atom stereocenters. The summed E-state index contributed by atoms with van der Waals surface area (Å²) in [6.07, 6.45) is 1.16. The number of hydrogen-bond acceptors (Lipinski definition) is 3. The number of aromatic carboxylic acids is 1. The molecule has 0 saturated heterocycles. The van der Waals surface area contributed by atoms with E-state index in [1.165, 1.54) is 6.07 Å². The Bertz CT molecular complexity index is 462. The van der Waals surface area contributed by atoms with E-state index in [9.17, 15) is 9.59 Å². The lowest BCUT2D eigenvalue weighted by Gasteiger charge is -2.07. The second-order valence-electron chi connectivity index (χ2n) is 3.91. The third-order valence-corrected chi connectivity index (χ3v) is 2.99. The van der Waals surface area contributed by atoms with Gasteiger partial charge in [-0.2, -0.15) is 0 Å². The van der Waals surface area contributed by atoms with Crippen LogP contribution in [0.4, 0.5) is 5.69 Å². The van der Waals surface area contributed by atoms with Gasteiger partial charge in [0, 0.05) is 16.8 Å². The maximum atomic E-state index is 11.6. The van der Waals surface area contributed by atoms with Crippen molar-refractivity contribution < 1.29 is 19.4 Å². The van der Waals surface area contributed by atoms with E-state index in [4.69, 9.17) is 9.84 Å². The van der Waals surface area contributed by atoms with Gasteiger partial charge in [-0.15, -0.1) is 0 Å². The van der Waals surface area contributed by atoms with E-state index in [2.05, 4.69) is 21.2 Å². The molecule has 2 N–H and O–H groups in total. The number of rotatable bonds is 7. The molecule has 0 heterocycles. The van der Waals surface area contributed by atoms with Crippen LogP contribution < -0.4 is 5.32 Å². The van der Waals surface area contributed by atoms with Crippen molar-refractivity contribution in [3.05, 3.63) is 28.2 Å². The average Bonchev–Trinajstić information content (AvgIpc) is 2.36. The van der Waals surface area contributed by atoms with Gasteiger partial charge in [-0.05, 0) is 40.5 Å². The Morgan fingerprint density at radius 1 is 1.37 bits per heavy atom. The molecule has 0 saturated carbocycles. The second kappa shape index (κ2) is 7.91. The lowest BCUT2D eigenvalue weighted by molar-refractivity contribution is -0.117. The zero-order valence-corrected chi connectivity index (χ0v) is 12.2. The zero-order chi connectivity index (χ0) is 14.3. The first kappa shape index (κ1) is 15.7. The maximum absolute atomic E-state index is 11.6. The number of benzene rings is 1. The summed E-state index contributed by atoms with van der Waals surface area (Å²) in [5, 5.41) is 11.6. The van der Waals surface area contributed by atoms with Crippen LogP contribution in [0.3, 0.4) is 0 Å². The quantitative estimate of drug-likeness (QED) is 0.754. The third kappa shape index (κ3) is 5.40. The highest BCUT2D eigenvalue weighted by molar-refractivity contribution is 9.10. The van der Waals surface area contributed by atoms with Crippen molar-refractivity contribution in [2.45, 2.75) is 19.8 Å². The molecule has 1 aromatic carbocycles. The minimum Gasteiger partial charge on any atom is -0.478 e. The van der Waals surface area contributed by atoms with E-state index in [-0.39, 0.29) is 17.9 Å². The molecule has 104 valence electrons. The van der Waals surface area contributed by atoms with E-state index in [0.717, 1.165) is 6.42 Å². The van der Waals surface area contributed by atoms with Crippen molar-refractivity contribution in [1.29, 1.82) is 0 Å². The third-order valence-electron chi connectivity index (χ3n) is 2.30. The van der Waals surface area contributed by atoms with Crippen molar-refractivity contribution in [3.63, 3.8) is 0 Å². The number of hydrogen-bond donors (Lipinski definition) is 2. The molecule has 0 unspecified atom stereocenters. The van der Waals surface area contributed by atoms with E-state index >= 15 is 0 Å². The minimum absolute atomic E-state index is 0.111. The van der Waals surface area contributed by atoms with Gasteiger partial charge < -0.3 is 15.2 Å². The van der Waals surface area contributed by atoms with Crippen LogP contribution in [0, 0.1) is 0 Å². The number of halogens is 1. The van der Waals surface area contributed by atoms with Gasteiger partial charge in [-0.25, -0.2) is 4.79 Å². The Balaban J connectivity index is 2.55. The van der Waals surface area contributed by atoms with Crippen molar-refractivity contribution in [2.24, 2.45) is 0 Å². The molecule has 0 spiro atoms. The van der Waals surface area contributed by atoms with Crippen LogP contribution in [-0.2, 0) is 9.53 Å². The van der Waals surface area contributed by atoms with E-state index in [0.29, 0.717) is 23.4 Å². The molecular weight excluding hydrogens is 314 g/mol. The summed E-state index contributed by atoms with van der Waals surface area (Å²) >= 11 is 3.14. The van der Waals surface area contributed by atoms with Crippen molar-refractivity contribution in [3.8, 4) is 0 Å². The van der Waals surface area contributed by atoms with Crippen molar-refractivity contribution in [2.75, 3.05) is 18.5 Å². The molecule has 0 aliphatic carbocycles. The smallest absolute Gasteiger partial charge is 0.336 e. The first-order valence-corrected chi connectivity index (χ1v) is 6.74. The van der Waals surface area contributed by atoms with E-state index in [1.807, 2.05) is 6.92 Å². The number of carboxylic acid groups (broad SMARTS) is 1. The monoisotopic (exact) mass is 329 g/mol. The largest absolute Gasteiger partial charge is 0.478 e. The van der Waals surface area contributed by atoms with Crippen LogP contribution in [0.5, 0.6) is 0 Å². The fourth-order valence-corrected chi connectivity index (χ4v) is 1.82. The SMILES string of the molecule is CCCOCCC(=O)Nc1ccc(Br)c(C(=O)O)c1. The molecule has 0 aliphatic rings. The summed E-state index contributed by atoms with van der Waals surface area (Å²) in [6.45, 7) is 2.99. The van der Waals surface area contributed by atoms with Crippen molar-refractivity contribution in [1.82, 2.24) is 0 Å². The highest BCUT2D eigenvalue weighted by Crippen LogP contribution is 2.21. The number of nitrogens with one attached hydrogen (secondary N) is 1. The highest BCUT2D eigenvalue weighted by atomic mass is 79.9. The molecule has 0 aromatic heterocycles.